The molecule has 0 spiro atoms. The molecule has 0 amide bonds. The molecule has 0 aliphatic carbocycles. The van der Waals surface area contributed by atoms with Crippen molar-refractivity contribution >= 4 is 0 Å². The van der Waals surface area contributed by atoms with Gasteiger partial charge in [-0.1, -0.05) is 32.0 Å². The zero-order valence-electron chi connectivity index (χ0n) is 12.7. The van der Waals surface area contributed by atoms with Crippen LogP contribution in [0.2, 0.25) is 0 Å². The van der Waals surface area contributed by atoms with E-state index in [0.29, 0.717) is 0 Å². The normalized spacial score (nSPS) is 22.7. The molecule has 0 radical (unpaired) electrons. The molecule has 108 valence electrons. The number of hydrogen-bond acceptors (Lipinski definition) is 3. The molecule has 19 heavy (non-hydrogen) atoms. The molecule has 1 fully saturated rings. The van der Waals surface area contributed by atoms with Gasteiger partial charge in [0.15, 0.2) is 0 Å². The van der Waals surface area contributed by atoms with Crippen molar-refractivity contribution in [3.8, 4) is 5.75 Å². The summed E-state index contributed by atoms with van der Waals surface area (Å²) in [7, 11) is 1.75. The Balaban J connectivity index is 0.000000861. The molecule has 1 atom stereocenters. The molecule has 1 saturated heterocycles. The maximum Gasteiger partial charge on any atom is 0.120 e. The van der Waals surface area contributed by atoms with E-state index in [-0.39, 0.29) is 5.60 Å². The van der Waals surface area contributed by atoms with Crippen molar-refractivity contribution in [2.45, 2.75) is 32.8 Å². The van der Waals surface area contributed by atoms with Crippen LogP contribution in [0.3, 0.4) is 0 Å². The molecule has 1 unspecified atom stereocenters. The Morgan fingerprint density at radius 2 is 1.89 bits per heavy atom. The van der Waals surface area contributed by atoms with Crippen LogP contribution < -0.4 is 4.74 Å². The summed E-state index contributed by atoms with van der Waals surface area (Å²) in [6, 6.07) is 10.1. The lowest BCUT2D eigenvalue weighted by molar-refractivity contribution is 0.0889. The highest BCUT2D eigenvalue weighted by Crippen LogP contribution is 2.27. The van der Waals surface area contributed by atoms with Crippen LogP contribution in [0.25, 0.3) is 0 Å². The largest absolute Gasteiger partial charge is 0.486 e. The highest BCUT2D eigenvalue weighted by atomic mass is 16.5. The summed E-state index contributed by atoms with van der Waals surface area (Å²) >= 11 is 0. The number of hydrogen-bond donors (Lipinski definition) is 0. The van der Waals surface area contributed by atoms with E-state index < -0.39 is 0 Å². The van der Waals surface area contributed by atoms with Gasteiger partial charge in [-0.25, -0.2) is 0 Å². The summed E-state index contributed by atoms with van der Waals surface area (Å²) in [6.45, 7) is 10.0. The molecule has 1 aliphatic rings. The van der Waals surface area contributed by atoms with Crippen LogP contribution in [0.5, 0.6) is 5.75 Å². The van der Waals surface area contributed by atoms with Crippen molar-refractivity contribution < 1.29 is 9.47 Å². The molecule has 1 heterocycles. The van der Waals surface area contributed by atoms with Crippen molar-refractivity contribution in [3.05, 3.63) is 30.3 Å². The van der Waals surface area contributed by atoms with Gasteiger partial charge in [0.05, 0.1) is 6.61 Å². The van der Waals surface area contributed by atoms with Crippen LogP contribution in [0.15, 0.2) is 30.3 Å². The minimum Gasteiger partial charge on any atom is -0.486 e. The summed E-state index contributed by atoms with van der Waals surface area (Å²) in [6.07, 6.45) is 1.08. The van der Waals surface area contributed by atoms with Crippen molar-refractivity contribution in [1.29, 1.82) is 0 Å². The first-order valence-electron chi connectivity index (χ1n) is 7.17. The third kappa shape index (κ3) is 5.21. The molecule has 3 heteroatoms. The van der Waals surface area contributed by atoms with Crippen molar-refractivity contribution in [3.63, 3.8) is 0 Å². The summed E-state index contributed by atoms with van der Waals surface area (Å²) in [5.41, 5.74) is -0.0604. The van der Waals surface area contributed by atoms with Gasteiger partial charge in [-0.05, 0) is 19.1 Å². The minimum atomic E-state index is -0.0604. The SMILES string of the molecule is CC.COCCN1CCC(C)(Oc2ccccc2)C1. The maximum atomic E-state index is 6.09. The number of ether oxygens (including phenoxy) is 2. The van der Waals surface area contributed by atoms with Crippen LogP contribution in [0, 0.1) is 0 Å². The van der Waals surface area contributed by atoms with Gasteiger partial charge < -0.3 is 9.47 Å². The molecule has 0 N–H and O–H groups in total. The quantitative estimate of drug-likeness (QED) is 0.816. The number of methoxy groups -OCH3 is 1. The molecule has 2 rings (SSSR count). The fraction of sp³-hybridized carbons (Fsp3) is 0.625. The van der Waals surface area contributed by atoms with Crippen LogP contribution in [0.4, 0.5) is 0 Å². The van der Waals surface area contributed by atoms with E-state index in [0.717, 1.165) is 38.4 Å². The summed E-state index contributed by atoms with van der Waals surface area (Å²) < 4.78 is 11.2. The molecule has 0 aromatic heterocycles. The Labute approximate surface area is 117 Å². The summed E-state index contributed by atoms with van der Waals surface area (Å²) in [4.78, 5) is 2.40. The van der Waals surface area contributed by atoms with Gasteiger partial charge in [-0.3, -0.25) is 4.90 Å². The predicted molar refractivity (Wildman–Crippen MR) is 79.8 cm³/mol. The molecule has 0 bridgehead atoms. The minimum absolute atomic E-state index is 0.0604. The first-order chi connectivity index (χ1) is 9.22. The van der Waals surface area contributed by atoms with E-state index in [1.54, 1.807) is 7.11 Å². The second-order valence-corrected chi connectivity index (χ2v) is 4.88. The Hall–Kier alpha value is -1.06. The molecular formula is C16H27NO2. The average Bonchev–Trinajstić information content (AvgIpc) is 2.81. The third-order valence-electron chi connectivity index (χ3n) is 3.23. The second-order valence-electron chi connectivity index (χ2n) is 4.88. The number of benzene rings is 1. The lowest BCUT2D eigenvalue weighted by Gasteiger charge is -2.26. The van der Waals surface area contributed by atoms with Crippen molar-refractivity contribution in [2.24, 2.45) is 0 Å². The number of nitrogens with zero attached hydrogens (tertiary/aromatic N) is 1. The summed E-state index contributed by atoms with van der Waals surface area (Å²) in [5, 5.41) is 0. The van der Waals surface area contributed by atoms with Crippen LogP contribution in [-0.2, 0) is 4.74 Å². The number of para-hydroxylation sites is 1. The van der Waals surface area contributed by atoms with Crippen molar-refractivity contribution in [2.75, 3.05) is 33.4 Å². The molecular weight excluding hydrogens is 238 g/mol. The average molecular weight is 265 g/mol. The fourth-order valence-corrected chi connectivity index (χ4v) is 2.29. The second kappa shape index (κ2) is 8.18. The maximum absolute atomic E-state index is 6.09. The molecule has 1 aromatic carbocycles. The Morgan fingerprint density at radius 3 is 2.53 bits per heavy atom. The van der Waals surface area contributed by atoms with E-state index in [1.165, 1.54) is 0 Å². The standard InChI is InChI=1S/C14H21NO2.C2H6/c1-14(17-13-6-4-3-5-7-13)8-9-15(12-14)10-11-16-2;1-2/h3-7H,8-12H2,1-2H3;1-2H3. The van der Waals surface area contributed by atoms with E-state index in [9.17, 15) is 0 Å². The van der Waals surface area contributed by atoms with E-state index in [4.69, 9.17) is 9.47 Å². The molecule has 3 nitrogen and oxygen atoms in total. The van der Waals surface area contributed by atoms with Gasteiger partial charge in [0.25, 0.3) is 0 Å². The van der Waals surface area contributed by atoms with E-state index >= 15 is 0 Å². The van der Waals surface area contributed by atoms with Gasteiger partial charge >= 0.3 is 0 Å². The highest BCUT2D eigenvalue weighted by molar-refractivity contribution is 5.22. The monoisotopic (exact) mass is 265 g/mol. The Kier molecular flexibility index (Phi) is 6.89. The molecule has 0 saturated carbocycles. The zero-order chi connectivity index (χ0) is 14.1. The number of likely N-dealkylation sites (tertiary alicyclic amines) is 1. The van der Waals surface area contributed by atoms with Gasteiger partial charge in [0, 0.05) is 33.2 Å². The van der Waals surface area contributed by atoms with E-state index in [2.05, 4.69) is 11.8 Å². The lowest BCUT2D eigenvalue weighted by atomic mass is 10.1. The van der Waals surface area contributed by atoms with E-state index in [1.807, 2.05) is 44.2 Å². The fourth-order valence-electron chi connectivity index (χ4n) is 2.29. The highest BCUT2D eigenvalue weighted by Gasteiger charge is 2.35. The zero-order valence-corrected chi connectivity index (χ0v) is 12.7. The Morgan fingerprint density at radius 1 is 1.21 bits per heavy atom. The number of rotatable bonds is 5. The Bertz CT molecular complexity index is 342. The third-order valence-corrected chi connectivity index (χ3v) is 3.23. The van der Waals surface area contributed by atoms with Gasteiger partial charge in [-0.2, -0.15) is 0 Å². The first kappa shape index (κ1) is 16.0. The molecule has 1 aromatic rings. The smallest absolute Gasteiger partial charge is 0.120 e. The first-order valence-corrected chi connectivity index (χ1v) is 7.17. The van der Waals surface area contributed by atoms with Crippen molar-refractivity contribution in [1.82, 2.24) is 4.90 Å². The molecule has 1 aliphatic heterocycles. The predicted octanol–water partition coefficient (Wildman–Crippen LogP) is 3.20. The lowest BCUT2D eigenvalue weighted by Crippen LogP contribution is -2.36. The van der Waals surface area contributed by atoms with Gasteiger partial charge in [-0.15, -0.1) is 0 Å². The van der Waals surface area contributed by atoms with Gasteiger partial charge in [0.1, 0.15) is 11.4 Å². The van der Waals surface area contributed by atoms with Gasteiger partial charge in [0.2, 0.25) is 0 Å². The van der Waals surface area contributed by atoms with Crippen LogP contribution >= 0.6 is 0 Å². The summed E-state index contributed by atoms with van der Waals surface area (Å²) in [5.74, 6) is 0.962. The topological polar surface area (TPSA) is 21.7 Å². The van der Waals surface area contributed by atoms with Crippen LogP contribution in [0.1, 0.15) is 27.2 Å². The van der Waals surface area contributed by atoms with Crippen LogP contribution in [-0.4, -0.2) is 43.9 Å².